The number of piperazine rings is 1. The molecule has 4 heterocycles. The van der Waals surface area contributed by atoms with Gasteiger partial charge in [0, 0.05) is 37.4 Å². The van der Waals surface area contributed by atoms with Gasteiger partial charge in [0.05, 0.1) is 35.1 Å². The summed E-state index contributed by atoms with van der Waals surface area (Å²) in [5.74, 6) is 0.643. The zero-order chi connectivity index (χ0) is 27.6. The van der Waals surface area contributed by atoms with Gasteiger partial charge in [0.15, 0.2) is 0 Å². The molecule has 10 nitrogen and oxygen atoms in total. The van der Waals surface area contributed by atoms with Crippen molar-refractivity contribution in [1.29, 1.82) is 5.26 Å². The Morgan fingerprint density at radius 2 is 1.95 bits per heavy atom. The molecule has 0 saturated carbocycles. The molecule has 204 valence electrons. The fourth-order valence-electron chi connectivity index (χ4n) is 5.83. The largest absolute Gasteiger partial charge is 0.465 e. The number of rotatable bonds is 6. The molecule has 6 rings (SSSR count). The molecule has 10 heteroatoms. The lowest BCUT2D eigenvalue weighted by Gasteiger charge is -2.39. The number of likely N-dealkylation sites (tertiary alicyclic amines) is 1. The Hall–Kier alpha value is -4.49. The van der Waals surface area contributed by atoms with E-state index in [1.807, 2.05) is 29.2 Å². The lowest BCUT2D eigenvalue weighted by atomic mass is 10.0. The van der Waals surface area contributed by atoms with Crippen LogP contribution in [0.3, 0.4) is 0 Å². The zero-order valence-electron chi connectivity index (χ0n) is 22.4. The van der Waals surface area contributed by atoms with Crippen molar-refractivity contribution in [3.63, 3.8) is 0 Å². The molecule has 0 bridgehead atoms. The first kappa shape index (κ1) is 25.8. The summed E-state index contributed by atoms with van der Waals surface area (Å²) in [6.07, 6.45) is 3.09. The standard InChI is InChI=1S/C30H31N7O3/c1-35-13-5-8-22(35)19-40-29-33-27-16-26(24-10-4-7-20-6-2-3-9-23(20)24)32-17-25(27)28(34-29)36-14-15-37(30(38)39)21(18-36)11-12-31/h2-4,6-7,9-10,16-17,21-22H,5,8,11,13-15,18-19H2,1H3,(H,38,39)/t21-,22-/m0/s1. The van der Waals surface area contributed by atoms with Crippen LogP contribution in [0.1, 0.15) is 19.3 Å². The minimum absolute atomic E-state index is 0.104. The maximum atomic E-state index is 11.8. The summed E-state index contributed by atoms with van der Waals surface area (Å²) >= 11 is 0. The Kier molecular flexibility index (Phi) is 7.05. The molecule has 2 aromatic carbocycles. The molecule has 2 aliphatic heterocycles. The second-order valence-corrected chi connectivity index (χ2v) is 10.5. The molecule has 0 radical (unpaired) electrons. The summed E-state index contributed by atoms with van der Waals surface area (Å²) in [7, 11) is 2.10. The second kappa shape index (κ2) is 10.9. The van der Waals surface area contributed by atoms with Crippen LogP contribution in [0.2, 0.25) is 0 Å². The van der Waals surface area contributed by atoms with E-state index in [1.165, 1.54) is 4.90 Å². The topological polar surface area (TPSA) is 119 Å². The number of carboxylic acid groups (broad SMARTS) is 1. The number of aromatic nitrogens is 3. The van der Waals surface area contributed by atoms with E-state index in [9.17, 15) is 15.2 Å². The van der Waals surface area contributed by atoms with Crippen molar-refractivity contribution in [2.45, 2.75) is 31.3 Å². The Morgan fingerprint density at radius 3 is 2.75 bits per heavy atom. The number of fused-ring (bicyclic) bond motifs is 2. The van der Waals surface area contributed by atoms with Gasteiger partial charge in [0.25, 0.3) is 0 Å². The highest BCUT2D eigenvalue weighted by Crippen LogP contribution is 2.33. The van der Waals surface area contributed by atoms with Crippen LogP contribution in [0.5, 0.6) is 6.01 Å². The third-order valence-corrected chi connectivity index (χ3v) is 8.04. The predicted octanol–water partition coefficient (Wildman–Crippen LogP) is 4.40. The van der Waals surface area contributed by atoms with Gasteiger partial charge in [-0.25, -0.2) is 4.79 Å². The molecule has 2 aromatic heterocycles. The van der Waals surface area contributed by atoms with E-state index in [2.05, 4.69) is 42.3 Å². The molecule has 4 aromatic rings. The van der Waals surface area contributed by atoms with Crippen molar-refractivity contribution in [2.75, 3.05) is 44.7 Å². The van der Waals surface area contributed by atoms with Gasteiger partial charge in [-0.1, -0.05) is 42.5 Å². The van der Waals surface area contributed by atoms with Crippen molar-refractivity contribution >= 4 is 33.6 Å². The highest BCUT2D eigenvalue weighted by Gasteiger charge is 2.32. The summed E-state index contributed by atoms with van der Waals surface area (Å²) in [5, 5.41) is 22.0. The zero-order valence-corrected chi connectivity index (χ0v) is 22.4. The van der Waals surface area contributed by atoms with Crippen LogP contribution in [0.4, 0.5) is 10.6 Å². The van der Waals surface area contributed by atoms with E-state index in [0.717, 1.165) is 46.8 Å². The van der Waals surface area contributed by atoms with Gasteiger partial charge >= 0.3 is 12.1 Å². The quantitative estimate of drug-likeness (QED) is 0.382. The number of nitrogens with zero attached hydrogens (tertiary/aromatic N) is 7. The minimum Gasteiger partial charge on any atom is -0.465 e. The predicted molar refractivity (Wildman–Crippen MR) is 152 cm³/mol. The van der Waals surface area contributed by atoms with Gasteiger partial charge in [-0.05, 0) is 43.3 Å². The van der Waals surface area contributed by atoms with Crippen molar-refractivity contribution < 1.29 is 14.6 Å². The molecule has 2 fully saturated rings. The maximum absolute atomic E-state index is 11.8. The summed E-state index contributed by atoms with van der Waals surface area (Å²) in [4.78, 5) is 31.9. The number of ether oxygens (including phenoxy) is 1. The van der Waals surface area contributed by atoms with Gasteiger partial charge in [-0.2, -0.15) is 15.2 Å². The van der Waals surface area contributed by atoms with Crippen LogP contribution >= 0.6 is 0 Å². The van der Waals surface area contributed by atoms with Gasteiger partial charge in [0.2, 0.25) is 0 Å². The van der Waals surface area contributed by atoms with Gasteiger partial charge in [0.1, 0.15) is 12.4 Å². The molecule has 40 heavy (non-hydrogen) atoms. The van der Waals surface area contributed by atoms with Crippen LogP contribution in [0, 0.1) is 11.3 Å². The Balaban J connectivity index is 1.41. The summed E-state index contributed by atoms with van der Waals surface area (Å²) in [5.41, 5.74) is 2.52. The molecule has 2 saturated heterocycles. The molecule has 1 amide bonds. The average molecular weight is 538 g/mol. The highest BCUT2D eigenvalue weighted by molar-refractivity contribution is 5.98. The van der Waals surface area contributed by atoms with Crippen molar-refractivity contribution in [2.24, 2.45) is 0 Å². The summed E-state index contributed by atoms with van der Waals surface area (Å²) in [6, 6.07) is 18.6. The number of nitriles is 1. The third kappa shape index (κ3) is 4.96. The lowest BCUT2D eigenvalue weighted by Crippen LogP contribution is -2.55. The highest BCUT2D eigenvalue weighted by atomic mass is 16.5. The molecule has 0 aliphatic carbocycles. The number of pyridine rings is 1. The van der Waals surface area contributed by atoms with Crippen LogP contribution in [-0.4, -0.2) is 87.9 Å². The average Bonchev–Trinajstić information content (AvgIpc) is 3.39. The first-order chi connectivity index (χ1) is 19.5. The minimum atomic E-state index is -1.02. The van der Waals surface area contributed by atoms with Crippen LogP contribution in [0.25, 0.3) is 32.9 Å². The molecular weight excluding hydrogens is 506 g/mol. The van der Waals surface area contributed by atoms with E-state index in [-0.39, 0.29) is 19.0 Å². The van der Waals surface area contributed by atoms with Gasteiger partial charge in [-0.3, -0.25) is 4.98 Å². The fourth-order valence-corrected chi connectivity index (χ4v) is 5.83. The Bertz CT molecular complexity index is 1600. The van der Waals surface area contributed by atoms with E-state index >= 15 is 0 Å². The van der Waals surface area contributed by atoms with Crippen LogP contribution in [-0.2, 0) is 0 Å². The van der Waals surface area contributed by atoms with E-state index in [4.69, 9.17) is 19.7 Å². The number of carbonyl (C=O) groups is 1. The first-order valence-corrected chi connectivity index (χ1v) is 13.6. The summed E-state index contributed by atoms with van der Waals surface area (Å²) < 4.78 is 6.18. The molecule has 2 atom stereocenters. The molecule has 0 spiro atoms. The van der Waals surface area contributed by atoms with Crippen molar-refractivity contribution in [3.8, 4) is 23.3 Å². The van der Waals surface area contributed by atoms with Gasteiger partial charge in [-0.15, -0.1) is 0 Å². The number of anilines is 1. The number of amides is 1. The Labute approximate surface area is 232 Å². The number of likely N-dealkylation sites (N-methyl/N-ethyl adjacent to an activating group) is 1. The fraction of sp³-hybridized carbons (Fsp3) is 0.367. The molecule has 1 N–H and O–H groups in total. The maximum Gasteiger partial charge on any atom is 0.407 e. The normalized spacial score (nSPS) is 19.7. The van der Waals surface area contributed by atoms with E-state index < -0.39 is 12.1 Å². The van der Waals surface area contributed by atoms with E-state index in [0.29, 0.717) is 37.1 Å². The SMILES string of the molecule is CN1CCC[C@H]1COc1nc(N2CCN(C(=O)O)[C@@H](CC#N)C2)c2cnc(-c3cccc4ccccc34)cc2n1. The molecule has 0 unspecified atom stereocenters. The van der Waals surface area contributed by atoms with E-state index in [1.54, 1.807) is 6.20 Å². The molecular formula is C30H31N7O3. The monoisotopic (exact) mass is 537 g/mol. The van der Waals surface area contributed by atoms with Crippen LogP contribution < -0.4 is 9.64 Å². The smallest absolute Gasteiger partial charge is 0.407 e. The summed E-state index contributed by atoms with van der Waals surface area (Å²) in [6.45, 7) is 2.61. The lowest BCUT2D eigenvalue weighted by molar-refractivity contribution is 0.119. The number of hydrogen-bond acceptors (Lipinski definition) is 8. The molecule has 2 aliphatic rings. The van der Waals surface area contributed by atoms with Crippen LogP contribution in [0.15, 0.2) is 54.7 Å². The number of hydrogen-bond donors (Lipinski definition) is 1. The van der Waals surface area contributed by atoms with Crippen molar-refractivity contribution in [3.05, 3.63) is 54.7 Å². The van der Waals surface area contributed by atoms with Gasteiger partial charge < -0.3 is 24.5 Å². The van der Waals surface area contributed by atoms with Crippen molar-refractivity contribution in [1.82, 2.24) is 24.8 Å². The first-order valence-electron chi connectivity index (χ1n) is 13.6. The Morgan fingerprint density at radius 1 is 1.10 bits per heavy atom. The number of benzene rings is 2. The second-order valence-electron chi connectivity index (χ2n) is 10.5. The third-order valence-electron chi connectivity index (χ3n) is 8.04.